The molecule has 0 fully saturated rings. The summed E-state index contributed by atoms with van der Waals surface area (Å²) in [7, 11) is 0. The molecule has 0 aliphatic carbocycles. The van der Waals surface area contributed by atoms with Crippen molar-refractivity contribution in [2.45, 2.75) is 13.0 Å². The predicted molar refractivity (Wildman–Crippen MR) is 82.5 cm³/mol. The molecular formula is C15H12Cl2N2O. The molecule has 20 heavy (non-hydrogen) atoms. The van der Waals surface area contributed by atoms with Crippen molar-refractivity contribution in [3.8, 4) is 0 Å². The smallest absolute Gasteiger partial charge is 0.296 e. The van der Waals surface area contributed by atoms with E-state index in [0.717, 1.165) is 16.7 Å². The van der Waals surface area contributed by atoms with Gasteiger partial charge in [0.1, 0.15) is 5.52 Å². The minimum atomic E-state index is 0.0119. The minimum absolute atomic E-state index is 0.0119. The largest absolute Gasteiger partial charge is 0.424 e. The van der Waals surface area contributed by atoms with E-state index >= 15 is 0 Å². The molecule has 0 aliphatic heterocycles. The average molecular weight is 307 g/mol. The molecule has 0 saturated heterocycles. The van der Waals surface area contributed by atoms with Gasteiger partial charge in [0.15, 0.2) is 5.58 Å². The second-order valence-corrected chi connectivity index (χ2v) is 5.34. The van der Waals surface area contributed by atoms with Gasteiger partial charge < -0.3 is 9.73 Å². The number of aromatic nitrogens is 1. The maximum atomic E-state index is 6.03. The van der Waals surface area contributed by atoms with Crippen LogP contribution >= 0.6 is 23.2 Å². The zero-order chi connectivity index (χ0) is 14.1. The van der Waals surface area contributed by atoms with Gasteiger partial charge in [-0.05, 0) is 36.8 Å². The highest BCUT2D eigenvalue weighted by atomic mass is 35.5. The Morgan fingerprint density at radius 2 is 1.90 bits per heavy atom. The zero-order valence-electron chi connectivity index (χ0n) is 10.7. The zero-order valence-corrected chi connectivity index (χ0v) is 12.2. The number of oxazole rings is 1. The van der Waals surface area contributed by atoms with Gasteiger partial charge in [-0.3, -0.25) is 0 Å². The minimum Gasteiger partial charge on any atom is -0.424 e. The normalized spacial score (nSPS) is 12.6. The molecule has 1 heterocycles. The summed E-state index contributed by atoms with van der Waals surface area (Å²) in [5, 5.41) is 4.30. The number of para-hydroxylation sites is 2. The molecule has 1 N–H and O–H groups in total. The third-order valence-electron chi connectivity index (χ3n) is 3.08. The molecule has 3 rings (SSSR count). The van der Waals surface area contributed by atoms with Crippen LogP contribution in [0.5, 0.6) is 0 Å². The third-order valence-corrected chi connectivity index (χ3v) is 3.82. The maximum Gasteiger partial charge on any atom is 0.296 e. The summed E-state index contributed by atoms with van der Waals surface area (Å²) in [6, 6.07) is 13.7. The van der Waals surface area contributed by atoms with Crippen molar-refractivity contribution < 1.29 is 4.42 Å². The summed E-state index contributed by atoms with van der Waals surface area (Å²) in [5.41, 5.74) is 2.61. The standard InChI is InChI=1S/C15H12Cl2N2O/c1-9(10-6-7-11(16)12(17)8-10)18-15-19-13-4-2-3-5-14(13)20-15/h2-9H,1H3,(H,18,19). The number of anilines is 1. The summed E-state index contributed by atoms with van der Waals surface area (Å²) in [6.07, 6.45) is 0. The first-order chi connectivity index (χ1) is 9.63. The molecule has 5 heteroatoms. The Labute approximate surface area is 126 Å². The Balaban J connectivity index is 1.84. The van der Waals surface area contributed by atoms with E-state index in [-0.39, 0.29) is 6.04 Å². The summed E-state index contributed by atoms with van der Waals surface area (Å²) in [5.74, 6) is 0. The van der Waals surface area contributed by atoms with Crippen molar-refractivity contribution in [2.75, 3.05) is 5.32 Å². The van der Waals surface area contributed by atoms with Crippen LogP contribution < -0.4 is 5.32 Å². The van der Waals surface area contributed by atoms with Gasteiger partial charge in [0.2, 0.25) is 0 Å². The molecule has 3 nitrogen and oxygen atoms in total. The van der Waals surface area contributed by atoms with Gasteiger partial charge in [-0.2, -0.15) is 4.98 Å². The van der Waals surface area contributed by atoms with E-state index in [4.69, 9.17) is 27.6 Å². The van der Waals surface area contributed by atoms with Gasteiger partial charge in [-0.15, -0.1) is 0 Å². The van der Waals surface area contributed by atoms with Crippen molar-refractivity contribution >= 4 is 40.3 Å². The average Bonchev–Trinajstić information content (AvgIpc) is 2.83. The lowest BCUT2D eigenvalue weighted by atomic mass is 10.1. The fourth-order valence-corrected chi connectivity index (χ4v) is 2.29. The lowest BCUT2D eigenvalue weighted by molar-refractivity contribution is 0.604. The highest BCUT2D eigenvalue weighted by Crippen LogP contribution is 2.28. The van der Waals surface area contributed by atoms with E-state index in [9.17, 15) is 0 Å². The topological polar surface area (TPSA) is 38.1 Å². The summed E-state index contributed by atoms with van der Waals surface area (Å²) < 4.78 is 5.63. The SMILES string of the molecule is CC(Nc1nc2ccccc2o1)c1ccc(Cl)c(Cl)c1. The number of hydrogen-bond donors (Lipinski definition) is 1. The van der Waals surface area contributed by atoms with Crippen LogP contribution in [0, 0.1) is 0 Å². The number of nitrogens with one attached hydrogen (secondary N) is 1. The van der Waals surface area contributed by atoms with E-state index in [2.05, 4.69) is 10.3 Å². The van der Waals surface area contributed by atoms with Gasteiger partial charge >= 0.3 is 0 Å². The highest BCUT2D eigenvalue weighted by molar-refractivity contribution is 6.42. The molecule has 0 aliphatic rings. The highest BCUT2D eigenvalue weighted by Gasteiger charge is 2.11. The Morgan fingerprint density at radius 1 is 1.10 bits per heavy atom. The predicted octanol–water partition coefficient (Wildman–Crippen LogP) is 5.31. The quantitative estimate of drug-likeness (QED) is 0.712. The second-order valence-electron chi connectivity index (χ2n) is 4.53. The first-order valence-corrected chi connectivity index (χ1v) is 6.96. The van der Waals surface area contributed by atoms with Crippen LogP contribution in [0.4, 0.5) is 6.01 Å². The van der Waals surface area contributed by atoms with E-state index in [1.54, 1.807) is 6.07 Å². The first-order valence-electron chi connectivity index (χ1n) is 6.20. The van der Waals surface area contributed by atoms with E-state index in [1.807, 2.05) is 43.3 Å². The first kappa shape index (κ1) is 13.3. The second kappa shape index (κ2) is 5.35. The molecular weight excluding hydrogens is 295 g/mol. The van der Waals surface area contributed by atoms with E-state index < -0.39 is 0 Å². The molecule has 102 valence electrons. The summed E-state index contributed by atoms with van der Waals surface area (Å²) >= 11 is 11.9. The lowest BCUT2D eigenvalue weighted by Crippen LogP contribution is -2.06. The fraction of sp³-hybridized carbons (Fsp3) is 0.133. The van der Waals surface area contributed by atoms with E-state index in [1.165, 1.54) is 0 Å². The van der Waals surface area contributed by atoms with Crippen molar-refractivity contribution in [1.29, 1.82) is 0 Å². The van der Waals surface area contributed by atoms with Crippen LogP contribution in [0.15, 0.2) is 46.9 Å². The number of nitrogens with zero attached hydrogens (tertiary/aromatic N) is 1. The van der Waals surface area contributed by atoms with Crippen molar-refractivity contribution in [3.05, 3.63) is 58.1 Å². The lowest BCUT2D eigenvalue weighted by Gasteiger charge is -2.13. The van der Waals surface area contributed by atoms with Crippen molar-refractivity contribution in [1.82, 2.24) is 4.98 Å². The van der Waals surface area contributed by atoms with Gasteiger partial charge in [0.05, 0.1) is 16.1 Å². The molecule has 0 amide bonds. The Kier molecular flexibility index (Phi) is 3.55. The third kappa shape index (κ3) is 2.60. The number of halogens is 2. The molecule has 0 saturated carbocycles. The van der Waals surface area contributed by atoms with Crippen LogP contribution in [0.1, 0.15) is 18.5 Å². The van der Waals surface area contributed by atoms with Gasteiger partial charge in [-0.1, -0.05) is 41.4 Å². The van der Waals surface area contributed by atoms with Crippen LogP contribution in [-0.4, -0.2) is 4.98 Å². The Hall–Kier alpha value is -1.71. The van der Waals surface area contributed by atoms with E-state index in [0.29, 0.717) is 16.1 Å². The molecule has 0 bridgehead atoms. The van der Waals surface area contributed by atoms with Crippen LogP contribution in [-0.2, 0) is 0 Å². The van der Waals surface area contributed by atoms with Crippen LogP contribution in [0.2, 0.25) is 10.0 Å². The van der Waals surface area contributed by atoms with Gasteiger partial charge in [-0.25, -0.2) is 0 Å². The van der Waals surface area contributed by atoms with Gasteiger partial charge in [0, 0.05) is 0 Å². The number of rotatable bonds is 3. The molecule has 3 aromatic rings. The fourth-order valence-electron chi connectivity index (χ4n) is 1.98. The number of hydrogen-bond acceptors (Lipinski definition) is 3. The van der Waals surface area contributed by atoms with Gasteiger partial charge in [0.25, 0.3) is 6.01 Å². The monoisotopic (exact) mass is 306 g/mol. The molecule has 1 aromatic heterocycles. The van der Waals surface area contributed by atoms with Crippen molar-refractivity contribution in [3.63, 3.8) is 0 Å². The summed E-state index contributed by atoms with van der Waals surface area (Å²) in [4.78, 5) is 4.38. The Bertz CT molecular complexity index is 721. The molecule has 2 aromatic carbocycles. The van der Waals surface area contributed by atoms with Crippen LogP contribution in [0.3, 0.4) is 0 Å². The maximum absolute atomic E-state index is 6.03. The Morgan fingerprint density at radius 3 is 2.65 bits per heavy atom. The molecule has 1 atom stereocenters. The summed E-state index contributed by atoms with van der Waals surface area (Å²) in [6.45, 7) is 2.01. The number of fused-ring (bicyclic) bond motifs is 1. The van der Waals surface area contributed by atoms with Crippen molar-refractivity contribution in [2.24, 2.45) is 0 Å². The molecule has 0 spiro atoms. The molecule has 0 radical (unpaired) electrons. The van der Waals surface area contributed by atoms with Crippen LogP contribution in [0.25, 0.3) is 11.1 Å². The number of benzene rings is 2. The molecule has 1 unspecified atom stereocenters.